The SMILES string of the molecule is CNc1cc(N2CCc3c(-c4ccc(CN5CC6(CCN(C(=O)c7cc(N8CCC(=O)NC8=O)c(C)cn7)CC6(F)F)C5)cn4)cccc32)nn2c(C(N)=O)cnc12. The third kappa shape index (κ3) is 6.14. The number of primary amides is 1. The number of hydrogen-bond donors (Lipinski definition) is 3. The van der Waals surface area contributed by atoms with E-state index >= 15 is 8.78 Å². The lowest BCUT2D eigenvalue weighted by atomic mass is 9.69. The van der Waals surface area contributed by atoms with Gasteiger partial charge in [-0.1, -0.05) is 18.2 Å². The van der Waals surface area contributed by atoms with Gasteiger partial charge in [-0.3, -0.25) is 39.5 Å². The Balaban J connectivity index is 0.848. The van der Waals surface area contributed by atoms with Crippen molar-refractivity contribution in [1.29, 1.82) is 0 Å². The summed E-state index contributed by atoms with van der Waals surface area (Å²) in [5, 5.41) is 10.1. The molecule has 1 aromatic carbocycles. The summed E-state index contributed by atoms with van der Waals surface area (Å²) in [6, 6.07) is 12.7. The number of anilines is 4. The second-order valence-electron chi connectivity index (χ2n) is 15.4. The number of benzene rings is 1. The zero-order chi connectivity index (χ0) is 40.5. The summed E-state index contributed by atoms with van der Waals surface area (Å²) in [6.07, 6.45) is 5.63. The number of likely N-dealkylation sites (tertiary alicyclic amines) is 2. The fourth-order valence-electron chi connectivity index (χ4n) is 8.67. The number of aryl methyl sites for hydroxylation is 1. The summed E-state index contributed by atoms with van der Waals surface area (Å²) >= 11 is 0. The number of imide groups is 1. The summed E-state index contributed by atoms with van der Waals surface area (Å²) in [5.74, 6) is -4.13. The average molecular weight is 791 g/mol. The van der Waals surface area contributed by atoms with Crippen LogP contribution in [-0.2, 0) is 17.8 Å². The van der Waals surface area contributed by atoms with Gasteiger partial charge in [0.05, 0.1) is 35.2 Å². The third-order valence-corrected chi connectivity index (χ3v) is 11.8. The van der Waals surface area contributed by atoms with E-state index in [0.29, 0.717) is 41.5 Å². The minimum atomic E-state index is -3.12. The lowest BCUT2D eigenvalue weighted by Gasteiger charge is -2.57. The molecule has 18 heteroatoms. The molecule has 3 saturated heterocycles. The Labute approximate surface area is 331 Å². The predicted octanol–water partition coefficient (Wildman–Crippen LogP) is 3.76. The monoisotopic (exact) mass is 790 g/mol. The van der Waals surface area contributed by atoms with Crippen LogP contribution in [0.4, 0.5) is 36.5 Å². The molecule has 298 valence electrons. The van der Waals surface area contributed by atoms with Crippen LogP contribution in [0.2, 0.25) is 0 Å². The van der Waals surface area contributed by atoms with Crippen LogP contribution in [0.3, 0.4) is 0 Å². The van der Waals surface area contributed by atoms with Gasteiger partial charge in [0.15, 0.2) is 11.5 Å². The highest BCUT2D eigenvalue weighted by molar-refractivity contribution is 6.06. The Morgan fingerprint density at radius 2 is 1.74 bits per heavy atom. The molecule has 58 heavy (non-hydrogen) atoms. The summed E-state index contributed by atoms with van der Waals surface area (Å²) in [4.78, 5) is 69.5. The number of fused-ring (bicyclic) bond motifs is 2. The van der Waals surface area contributed by atoms with Crippen molar-refractivity contribution < 1.29 is 28.0 Å². The van der Waals surface area contributed by atoms with Gasteiger partial charge in [-0.25, -0.2) is 23.1 Å². The highest BCUT2D eigenvalue weighted by atomic mass is 19.3. The van der Waals surface area contributed by atoms with E-state index in [1.54, 1.807) is 20.2 Å². The van der Waals surface area contributed by atoms with Gasteiger partial charge in [0.1, 0.15) is 11.4 Å². The Morgan fingerprint density at radius 3 is 2.47 bits per heavy atom. The molecule has 4 aliphatic rings. The first kappa shape index (κ1) is 37.0. The number of aromatic nitrogens is 5. The Bertz CT molecular complexity index is 2520. The lowest BCUT2D eigenvalue weighted by Crippen LogP contribution is -2.70. The molecule has 5 amide bonds. The number of amides is 5. The van der Waals surface area contributed by atoms with Crippen LogP contribution in [0, 0.1) is 12.3 Å². The topological polar surface area (TPSA) is 187 Å². The van der Waals surface area contributed by atoms with E-state index in [0.717, 1.165) is 39.4 Å². The number of nitrogens with two attached hydrogens (primary N) is 1. The fourth-order valence-corrected chi connectivity index (χ4v) is 8.67. The normalized spacial score (nSPS) is 18.7. The van der Waals surface area contributed by atoms with Crippen molar-refractivity contribution in [2.75, 3.05) is 61.4 Å². The van der Waals surface area contributed by atoms with Crippen molar-refractivity contribution in [3.05, 3.63) is 89.1 Å². The standard InChI is InChI=1S/C40H40F2N12O4/c1-23-16-45-29(14-31(23)53-12-9-34(55)48-38(53)58)37(57)51-13-10-39(40(41,42)22-51)20-50(21-39)19-24-6-7-27(46-17-24)25-4-3-5-30-26(25)8-11-52(30)33-15-28(44-2)36-47-18-32(35(43)56)54(36)49-33/h3-7,14-18,44H,8-13,19-22H2,1-2H3,(H2,43,56)(H,48,55,58). The molecule has 4 aliphatic heterocycles. The predicted molar refractivity (Wildman–Crippen MR) is 209 cm³/mol. The number of hydrogen-bond acceptors (Lipinski definition) is 11. The van der Waals surface area contributed by atoms with Gasteiger partial charge in [0.2, 0.25) is 5.91 Å². The first-order chi connectivity index (χ1) is 27.8. The maximum absolute atomic E-state index is 15.9. The molecule has 1 spiro atoms. The minimum absolute atomic E-state index is 0.0335. The van der Waals surface area contributed by atoms with Crippen molar-refractivity contribution in [2.45, 2.75) is 38.7 Å². The van der Waals surface area contributed by atoms with Crippen LogP contribution < -0.4 is 26.2 Å². The number of piperidine rings is 1. The van der Waals surface area contributed by atoms with Crippen LogP contribution in [-0.4, -0.2) is 110 Å². The molecule has 0 unspecified atom stereocenters. The fraction of sp³-hybridized carbons (Fsp3) is 0.350. The van der Waals surface area contributed by atoms with Crippen molar-refractivity contribution in [2.24, 2.45) is 11.1 Å². The Morgan fingerprint density at radius 1 is 0.931 bits per heavy atom. The van der Waals surface area contributed by atoms with Crippen LogP contribution in [0.1, 0.15) is 50.5 Å². The maximum Gasteiger partial charge on any atom is 0.328 e. The number of imidazole rings is 1. The quantitative estimate of drug-likeness (QED) is 0.208. The second-order valence-corrected chi connectivity index (χ2v) is 15.4. The molecular formula is C40H40F2N12O4. The first-order valence-electron chi connectivity index (χ1n) is 19.0. The van der Waals surface area contributed by atoms with Crippen molar-refractivity contribution in [3.63, 3.8) is 0 Å². The smallest absolute Gasteiger partial charge is 0.328 e. The number of pyridine rings is 2. The van der Waals surface area contributed by atoms with Crippen molar-refractivity contribution >= 4 is 52.3 Å². The van der Waals surface area contributed by atoms with Gasteiger partial charge < -0.3 is 20.9 Å². The molecule has 0 saturated carbocycles. The van der Waals surface area contributed by atoms with Crippen LogP contribution in [0.25, 0.3) is 16.9 Å². The van der Waals surface area contributed by atoms with Gasteiger partial charge in [-0.15, -0.1) is 5.10 Å². The van der Waals surface area contributed by atoms with Gasteiger partial charge in [0.25, 0.3) is 17.7 Å². The van der Waals surface area contributed by atoms with Crippen molar-refractivity contribution in [3.8, 4) is 11.3 Å². The summed E-state index contributed by atoms with van der Waals surface area (Å²) in [6.45, 7) is 2.80. The van der Waals surface area contributed by atoms with Crippen molar-refractivity contribution in [1.82, 2.24) is 39.7 Å². The molecule has 3 fully saturated rings. The molecule has 0 atom stereocenters. The molecule has 4 N–H and O–H groups in total. The van der Waals surface area contributed by atoms with Crippen LogP contribution >= 0.6 is 0 Å². The molecule has 0 radical (unpaired) electrons. The summed E-state index contributed by atoms with van der Waals surface area (Å²) in [5.41, 5.74) is 11.5. The molecule has 4 aromatic heterocycles. The number of nitrogens with one attached hydrogen (secondary N) is 2. The highest BCUT2D eigenvalue weighted by Gasteiger charge is 2.62. The van der Waals surface area contributed by atoms with E-state index in [2.05, 4.69) is 25.5 Å². The van der Waals surface area contributed by atoms with E-state index < -0.39 is 35.7 Å². The van der Waals surface area contributed by atoms with E-state index in [-0.39, 0.29) is 56.3 Å². The molecule has 8 heterocycles. The number of alkyl halides is 2. The maximum atomic E-state index is 15.9. The second kappa shape index (κ2) is 13.8. The number of urea groups is 1. The number of halogens is 2. The van der Waals surface area contributed by atoms with E-state index in [1.165, 1.54) is 27.9 Å². The largest absolute Gasteiger partial charge is 0.385 e. The highest BCUT2D eigenvalue weighted by Crippen LogP contribution is 2.51. The number of carbonyl (C=O) groups is 4. The lowest BCUT2D eigenvalue weighted by molar-refractivity contribution is -0.220. The average Bonchev–Trinajstić information content (AvgIpc) is 3.83. The van der Waals surface area contributed by atoms with Gasteiger partial charge >= 0.3 is 6.03 Å². The molecular weight excluding hydrogens is 751 g/mol. The summed E-state index contributed by atoms with van der Waals surface area (Å²) in [7, 11) is 1.78. The minimum Gasteiger partial charge on any atom is -0.385 e. The van der Waals surface area contributed by atoms with Crippen LogP contribution in [0.15, 0.2) is 61.1 Å². The first-order valence-corrected chi connectivity index (χ1v) is 19.0. The number of nitrogens with zero attached hydrogens (tertiary/aromatic N) is 9. The van der Waals surface area contributed by atoms with E-state index in [9.17, 15) is 19.2 Å². The molecule has 9 rings (SSSR count). The molecule has 16 nitrogen and oxygen atoms in total. The zero-order valence-corrected chi connectivity index (χ0v) is 31.8. The zero-order valence-electron chi connectivity index (χ0n) is 31.8. The summed E-state index contributed by atoms with van der Waals surface area (Å²) < 4.78 is 33.3. The molecule has 0 aliphatic carbocycles. The van der Waals surface area contributed by atoms with Gasteiger partial charge in [-0.2, -0.15) is 0 Å². The van der Waals surface area contributed by atoms with E-state index in [4.69, 9.17) is 15.8 Å². The third-order valence-electron chi connectivity index (χ3n) is 11.8. The number of rotatable bonds is 8. The Kier molecular flexibility index (Phi) is 8.83. The molecule has 0 bridgehead atoms. The number of carbonyl (C=O) groups excluding carboxylic acids is 4. The molecule has 5 aromatic rings. The Hall–Kier alpha value is -6.56. The van der Waals surface area contributed by atoms with Crippen LogP contribution in [0.5, 0.6) is 0 Å². The van der Waals surface area contributed by atoms with Gasteiger partial charge in [-0.05, 0) is 54.7 Å². The van der Waals surface area contributed by atoms with Gasteiger partial charge in [0, 0.05) is 82.4 Å². The van der Waals surface area contributed by atoms with E-state index in [1.807, 2.05) is 41.3 Å².